The summed E-state index contributed by atoms with van der Waals surface area (Å²) in [5.41, 5.74) is 0.168. The molecule has 0 saturated carbocycles. The van der Waals surface area contributed by atoms with E-state index in [9.17, 15) is 22.4 Å². The number of benzene rings is 2. The average Bonchev–Trinajstić information content (AvgIpc) is 2.55. The molecular formula is C17H14F4N2OS. The molecule has 2 aromatic carbocycles. The van der Waals surface area contributed by atoms with E-state index in [1.54, 1.807) is 17.8 Å². The third-order valence-corrected chi connectivity index (χ3v) is 4.91. The predicted molar refractivity (Wildman–Crippen MR) is 88.1 cm³/mol. The molecule has 0 aromatic heterocycles. The molecule has 1 heterocycles. The molecule has 2 aromatic rings. The van der Waals surface area contributed by atoms with Gasteiger partial charge in [-0.3, -0.25) is 0 Å². The normalized spacial score (nSPS) is 16.9. The third-order valence-electron chi connectivity index (χ3n) is 3.79. The first-order valence-corrected chi connectivity index (χ1v) is 8.48. The summed E-state index contributed by atoms with van der Waals surface area (Å²) in [6, 6.07) is 7.72. The Morgan fingerprint density at radius 3 is 2.52 bits per heavy atom. The lowest BCUT2D eigenvalue weighted by Gasteiger charge is -2.26. The number of halogens is 4. The summed E-state index contributed by atoms with van der Waals surface area (Å²) in [4.78, 5) is 13.0. The second kappa shape index (κ2) is 6.95. The van der Waals surface area contributed by atoms with Crippen LogP contribution in [-0.4, -0.2) is 11.8 Å². The number of hydrogen-bond donors (Lipinski definition) is 2. The number of carbonyl (C=O) groups excluding carboxylic acids is 1. The highest BCUT2D eigenvalue weighted by atomic mass is 32.2. The number of amides is 2. The smallest absolute Gasteiger partial charge is 0.331 e. The molecule has 1 atom stereocenters. The van der Waals surface area contributed by atoms with Gasteiger partial charge in [-0.2, -0.15) is 13.2 Å². The van der Waals surface area contributed by atoms with Crippen LogP contribution in [0, 0.1) is 5.82 Å². The van der Waals surface area contributed by atoms with Crippen molar-refractivity contribution in [2.24, 2.45) is 0 Å². The van der Waals surface area contributed by atoms with E-state index in [2.05, 4.69) is 10.6 Å². The first-order chi connectivity index (χ1) is 11.8. The molecule has 8 heteroatoms. The fraction of sp³-hybridized carbons (Fsp3) is 0.235. The fourth-order valence-electron chi connectivity index (χ4n) is 2.58. The van der Waals surface area contributed by atoms with E-state index in [1.165, 1.54) is 24.3 Å². The van der Waals surface area contributed by atoms with E-state index in [0.29, 0.717) is 12.0 Å². The zero-order valence-electron chi connectivity index (χ0n) is 12.9. The van der Waals surface area contributed by atoms with E-state index in [4.69, 9.17) is 0 Å². The van der Waals surface area contributed by atoms with E-state index in [-0.39, 0.29) is 17.5 Å². The van der Waals surface area contributed by atoms with Crippen LogP contribution >= 0.6 is 11.8 Å². The monoisotopic (exact) mass is 370 g/mol. The van der Waals surface area contributed by atoms with Gasteiger partial charge in [0.1, 0.15) is 5.82 Å². The molecule has 0 radical (unpaired) electrons. The van der Waals surface area contributed by atoms with Gasteiger partial charge in [-0.25, -0.2) is 9.18 Å². The van der Waals surface area contributed by atoms with Gasteiger partial charge in [0.05, 0.1) is 11.6 Å². The van der Waals surface area contributed by atoms with Gasteiger partial charge in [0.25, 0.3) is 0 Å². The summed E-state index contributed by atoms with van der Waals surface area (Å²) in [6.45, 7) is 0. The Balaban J connectivity index is 1.67. The molecule has 0 spiro atoms. The lowest BCUT2D eigenvalue weighted by molar-refractivity contribution is -0.137. The van der Waals surface area contributed by atoms with Crippen molar-refractivity contribution in [2.75, 3.05) is 11.1 Å². The van der Waals surface area contributed by atoms with Crippen LogP contribution < -0.4 is 10.6 Å². The highest BCUT2D eigenvalue weighted by molar-refractivity contribution is 7.99. The van der Waals surface area contributed by atoms with Crippen LogP contribution in [0.2, 0.25) is 0 Å². The van der Waals surface area contributed by atoms with Crippen molar-refractivity contribution in [3.05, 3.63) is 59.4 Å². The van der Waals surface area contributed by atoms with Gasteiger partial charge in [-0.1, -0.05) is 0 Å². The van der Waals surface area contributed by atoms with Crippen molar-refractivity contribution >= 4 is 23.5 Å². The van der Waals surface area contributed by atoms with Crippen molar-refractivity contribution < 1.29 is 22.4 Å². The third kappa shape index (κ3) is 4.25. The van der Waals surface area contributed by atoms with Crippen LogP contribution in [0.3, 0.4) is 0 Å². The summed E-state index contributed by atoms with van der Waals surface area (Å²) >= 11 is 1.59. The Kier molecular flexibility index (Phi) is 4.89. The van der Waals surface area contributed by atoms with Crippen LogP contribution in [-0.2, 0) is 6.18 Å². The Morgan fingerprint density at radius 1 is 1.12 bits per heavy atom. The van der Waals surface area contributed by atoms with Gasteiger partial charge in [0, 0.05) is 16.3 Å². The summed E-state index contributed by atoms with van der Waals surface area (Å²) in [5, 5.41) is 5.24. The molecule has 0 aliphatic carbocycles. The molecule has 25 heavy (non-hydrogen) atoms. The summed E-state index contributed by atoms with van der Waals surface area (Å²) in [7, 11) is 0. The number of anilines is 1. The van der Waals surface area contributed by atoms with Gasteiger partial charge in [0.2, 0.25) is 0 Å². The van der Waals surface area contributed by atoms with E-state index < -0.39 is 17.8 Å². The van der Waals surface area contributed by atoms with Crippen LogP contribution in [0.25, 0.3) is 0 Å². The van der Waals surface area contributed by atoms with Gasteiger partial charge in [-0.05, 0) is 54.4 Å². The van der Waals surface area contributed by atoms with Crippen molar-refractivity contribution in [3.63, 3.8) is 0 Å². The molecule has 1 aliphatic rings. The van der Waals surface area contributed by atoms with E-state index in [1.807, 2.05) is 0 Å². The quantitative estimate of drug-likeness (QED) is 0.713. The minimum Gasteiger partial charge on any atom is -0.331 e. The van der Waals surface area contributed by atoms with Crippen molar-refractivity contribution in [1.82, 2.24) is 5.32 Å². The number of alkyl halides is 3. The lowest BCUT2D eigenvalue weighted by Crippen LogP contribution is -2.34. The Bertz CT molecular complexity index is 777. The SMILES string of the molecule is O=C(Nc1ccc(C(F)(F)F)cc1)NC1CCSc2ccc(F)cc21. The summed E-state index contributed by atoms with van der Waals surface area (Å²) in [6.07, 6.45) is -3.78. The van der Waals surface area contributed by atoms with Crippen LogP contribution in [0.4, 0.5) is 28.0 Å². The molecule has 0 saturated heterocycles. The van der Waals surface area contributed by atoms with Crippen molar-refractivity contribution in [3.8, 4) is 0 Å². The van der Waals surface area contributed by atoms with Gasteiger partial charge >= 0.3 is 12.2 Å². The number of urea groups is 1. The molecule has 0 bridgehead atoms. The second-order valence-corrected chi connectivity index (χ2v) is 6.68. The molecule has 3 nitrogen and oxygen atoms in total. The first-order valence-electron chi connectivity index (χ1n) is 7.50. The topological polar surface area (TPSA) is 41.1 Å². The maximum absolute atomic E-state index is 13.5. The largest absolute Gasteiger partial charge is 0.416 e. The maximum Gasteiger partial charge on any atom is 0.416 e. The standard InChI is InChI=1S/C17H14F4N2OS/c18-11-3-6-15-13(9-11)14(7-8-25-15)23-16(24)22-12-4-1-10(2-5-12)17(19,20)21/h1-6,9,14H,7-8H2,(H2,22,23,24). The number of hydrogen-bond acceptors (Lipinski definition) is 2. The molecule has 2 N–H and O–H groups in total. The number of thioether (sulfide) groups is 1. The molecule has 1 aliphatic heterocycles. The van der Waals surface area contributed by atoms with Crippen LogP contribution in [0.1, 0.15) is 23.6 Å². The van der Waals surface area contributed by atoms with Gasteiger partial charge in [0.15, 0.2) is 0 Å². The van der Waals surface area contributed by atoms with Crippen molar-refractivity contribution in [1.29, 1.82) is 0 Å². The number of fused-ring (bicyclic) bond motifs is 1. The second-order valence-electron chi connectivity index (χ2n) is 5.55. The number of nitrogens with one attached hydrogen (secondary N) is 2. The lowest BCUT2D eigenvalue weighted by atomic mass is 10.0. The first kappa shape index (κ1) is 17.6. The molecular weight excluding hydrogens is 356 g/mol. The molecule has 0 fully saturated rings. The molecule has 3 rings (SSSR count). The maximum atomic E-state index is 13.5. The minimum absolute atomic E-state index is 0.246. The van der Waals surface area contributed by atoms with E-state index >= 15 is 0 Å². The molecule has 1 unspecified atom stereocenters. The average molecular weight is 370 g/mol. The van der Waals surface area contributed by atoms with Crippen LogP contribution in [0.15, 0.2) is 47.4 Å². The molecule has 132 valence electrons. The van der Waals surface area contributed by atoms with Crippen molar-refractivity contribution in [2.45, 2.75) is 23.5 Å². The van der Waals surface area contributed by atoms with Gasteiger partial charge in [-0.15, -0.1) is 11.8 Å². The highest BCUT2D eigenvalue weighted by Crippen LogP contribution is 2.36. The Hall–Kier alpha value is -2.22. The summed E-state index contributed by atoms with van der Waals surface area (Å²) in [5.74, 6) is 0.403. The Morgan fingerprint density at radius 2 is 1.84 bits per heavy atom. The zero-order chi connectivity index (χ0) is 18.0. The number of rotatable bonds is 2. The summed E-state index contributed by atoms with van der Waals surface area (Å²) < 4.78 is 51.1. The zero-order valence-corrected chi connectivity index (χ0v) is 13.7. The van der Waals surface area contributed by atoms with Crippen LogP contribution in [0.5, 0.6) is 0 Å². The molecule has 2 amide bonds. The minimum atomic E-state index is -4.42. The Labute approximate surface area is 145 Å². The highest BCUT2D eigenvalue weighted by Gasteiger charge is 2.30. The number of carbonyl (C=O) groups is 1. The van der Waals surface area contributed by atoms with Gasteiger partial charge < -0.3 is 10.6 Å². The fourth-order valence-corrected chi connectivity index (χ4v) is 3.69. The van der Waals surface area contributed by atoms with E-state index in [0.717, 1.165) is 22.8 Å². The predicted octanol–water partition coefficient (Wildman–Crippen LogP) is 5.20.